The monoisotopic (exact) mass is 896 g/mol. The zero-order valence-corrected chi connectivity index (χ0v) is 36.7. The van der Waals surface area contributed by atoms with Gasteiger partial charge in [0.05, 0.1) is 23.5 Å². The lowest BCUT2D eigenvalue weighted by atomic mass is 9.96. The second kappa shape index (κ2) is 19.0. The Kier molecular flexibility index (Phi) is 12.6. The molecule has 0 bridgehead atoms. The second-order valence-electron chi connectivity index (χ2n) is 16.9. The van der Waals surface area contributed by atoms with E-state index in [4.69, 9.17) is 16.5 Å². The van der Waals surface area contributed by atoms with Crippen LogP contribution in [0, 0.1) is 23.6 Å². The largest absolute Gasteiger partial charge is 0.371 e. The predicted molar refractivity (Wildman–Crippen MR) is 242 cm³/mol. The molecule has 10 rings (SSSR count). The number of hydrogen-bond donors (Lipinski definition) is 2. The SMILES string of the molecule is CC1c2cnc(-c3ncccn3)nc2CCN1c1cc(F)cc(N2CCC(C(N)=O)CC2)n1.CC1c2cnc(-c3ncccn3)nc2CCN1c1cc(N2CCC(C(N)=O)CC2)cc(F)n1. The van der Waals surface area contributed by atoms with Crippen molar-refractivity contribution in [3.63, 3.8) is 0 Å². The van der Waals surface area contributed by atoms with Crippen LogP contribution in [0.15, 0.2) is 73.6 Å². The molecule has 340 valence electrons. The summed E-state index contributed by atoms with van der Waals surface area (Å²) in [6, 6.07) is 9.66. The zero-order valence-electron chi connectivity index (χ0n) is 36.7. The number of aromatic nitrogens is 10. The van der Waals surface area contributed by atoms with Gasteiger partial charge in [-0.05, 0) is 51.7 Å². The van der Waals surface area contributed by atoms with E-state index in [0.717, 1.165) is 28.2 Å². The second-order valence-corrected chi connectivity index (χ2v) is 16.9. The molecule has 4 aliphatic rings. The average Bonchev–Trinajstić information content (AvgIpc) is 3.34. The molecule has 0 aliphatic carbocycles. The number of nitrogens with zero attached hydrogens (tertiary/aromatic N) is 14. The predicted octanol–water partition coefficient (Wildman–Crippen LogP) is 4.59. The Bertz CT molecular complexity index is 2520. The minimum Gasteiger partial charge on any atom is -0.371 e. The van der Waals surface area contributed by atoms with Gasteiger partial charge in [0, 0.05) is 142 Å². The van der Waals surface area contributed by atoms with Gasteiger partial charge >= 0.3 is 0 Å². The van der Waals surface area contributed by atoms with Crippen LogP contribution >= 0.6 is 0 Å². The topological polar surface area (TPSA) is 228 Å². The van der Waals surface area contributed by atoms with Gasteiger partial charge in [0.15, 0.2) is 23.3 Å². The summed E-state index contributed by atoms with van der Waals surface area (Å²) in [5.41, 5.74) is 15.5. The van der Waals surface area contributed by atoms with E-state index in [0.29, 0.717) is 119 Å². The number of fused-ring (bicyclic) bond motifs is 2. The van der Waals surface area contributed by atoms with Crippen LogP contribution in [-0.4, -0.2) is 101 Å². The smallest absolute Gasteiger partial charge is 0.220 e. The standard InChI is InChI=1S/2C23H25FN8O/c1-14-17-13-28-23(22-26-6-2-7-27-22)29-18(17)5-10-32(14)20-12-16(11-19(24)30-20)31-8-3-15(4-9-31)21(25)33;1-14-17-13-28-23(22-26-6-2-7-27-22)29-18(17)5-10-32(14)20-12-16(24)11-19(30-20)31-8-3-15(4-9-31)21(25)33/h2*2,6-7,11-15H,3-5,8-10H2,1H3,(H2,25,33). The molecule has 0 saturated carbocycles. The maximum atomic E-state index is 14.6. The van der Waals surface area contributed by atoms with Gasteiger partial charge in [0.2, 0.25) is 17.8 Å². The van der Waals surface area contributed by atoms with Crippen LogP contribution in [-0.2, 0) is 22.4 Å². The molecule has 0 aromatic carbocycles. The maximum Gasteiger partial charge on any atom is 0.220 e. The third kappa shape index (κ3) is 9.38. The number of primary amides is 2. The third-order valence-corrected chi connectivity index (χ3v) is 12.9. The number of rotatable bonds is 8. The summed E-state index contributed by atoms with van der Waals surface area (Å²) in [6.45, 7) is 7.97. The van der Waals surface area contributed by atoms with Crippen LogP contribution in [0.5, 0.6) is 0 Å². The maximum absolute atomic E-state index is 14.6. The van der Waals surface area contributed by atoms with E-state index in [9.17, 15) is 18.4 Å². The summed E-state index contributed by atoms with van der Waals surface area (Å²) >= 11 is 0. The summed E-state index contributed by atoms with van der Waals surface area (Å²) in [6.07, 6.45) is 14.3. The van der Waals surface area contributed by atoms with Crippen molar-refractivity contribution < 1.29 is 18.4 Å². The number of carbonyl (C=O) groups is 2. The molecule has 6 aromatic rings. The van der Waals surface area contributed by atoms with E-state index < -0.39 is 5.95 Å². The van der Waals surface area contributed by atoms with Crippen molar-refractivity contribution >= 4 is 35.0 Å². The molecule has 2 unspecified atom stereocenters. The van der Waals surface area contributed by atoms with Crippen LogP contribution in [0.1, 0.15) is 74.1 Å². The van der Waals surface area contributed by atoms with Gasteiger partial charge in [-0.2, -0.15) is 4.39 Å². The number of pyridine rings is 2. The lowest BCUT2D eigenvalue weighted by molar-refractivity contribution is -0.123. The van der Waals surface area contributed by atoms with Crippen LogP contribution in [0.3, 0.4) is 0 Å². The number of amides is 2. The molecular formula is C46H50F2N16O2. The van der Waals surface area contributed by atoms with Gasteiger partial charge in [0.1, 0.15) is 23.3 Å². The fourth-order valence-corrected chi connectivity index (χ4v) is 9.19. The number of piperidine rings is 2. The molecule has 2 amide bonds. The summed E-state index contributed by atoms with van der Waals surface area (Å²) in [7, 11) is 0. The Morgan fingerprint density at radius 1 is 0.545 bits per heavy atom. The molecule has 4 N–H and O–H groups in total. The highest BCUT2D eigenvalue weighted by Gasteiger charge is 2.31. The van der Waals surface area contributed by atoms with Crippen molar-refractivity contribution in [3.05, 3.63) is 108 Å². The fraction of sp³-hybridized carbons (Fsp3) is 0.391. The number of nitrogens with two attached hydrogens (primary N) is 2. The van der Waals surface area contributed by atoms with E-state index in [2.05, 4.69) is 59.6 Å². The van der Waals surface area contributed by atoms with Gasteiger partial charge < -0.3 is 31.1 Å². The highest BCUT2D eigenvalue weighted by molar-refractivity contribution is 5.77. The highest BCUT2D eigenvalue weighted by Crippen LogP contribution is 2.36. The quantitative estimate of drug-likeness (QED) is 0.199. The van der Waals surface area contributed by atoms with Crippen molar-refractivity contribution in [2.75, 3.05) is 58.9 Å². The third-order valence-electron chi connectivity index (χ3n) is 12.9. The first-order valence-corrected chi connectivity index (χ1v) is 22.2. The minimum absolute atomic E-state index is 0.0674. The number of hydrogen-bond acceptors (Lipinski definition) is 16. The van der Waals surface area contributed by atoms with Gasteiger partial charge in [-0.15, -0.1) is 0 Å². The Labute approximate surface area is 380 Å². The Balaban J connectivity index is 0.000000166. The molecule has 20 heteroatoms. The van der Waals surface area contributed by atoms with Crippen LogP contribution in [0.2, 0.25) is 0 Å². The molecule has 10 heterocycles. The molecule has 4 aliphatic heterocycles. The minimum atomic E-state index is -0.523. The van der Waals surface area contributed by atoms with E-state index >= 15 is 0 Å². The molecule has 2 saturated heterocycles. The fourth-order valence-electron chi connectivity index (χ4n) is 9.19. The van der Waals surface area contributed by atoms with Gasteiger partial charge in [-0.1, -0.05) is 0 Å². The lowest BCUT2D eigenvalue weighted by Crippen LogP contribution is -2.39. The van der Waals surface area contributed by atoms with E-state index in [-0.39, 0.29) is 41.6 Å². The van der Waals surface area contributed by atoms with Crippen molar-refractivity contribution in [1.82, 2.24) is 49.8 Å². The summed E-state index contributed by atoms with van der Waals surface area (Å²) in [5.74, 6) is 2.10. The van der Waals surface area contributed by atoms with Gasteiger partial charge in [-0.25, -0.2) is 54.2 Å². The first-order valence-electron chi connectivity index (χ1n) is 22.2. The van der Waals surface area contributed by atoms with Crippen molar-refractivity contribution in [2.24, 2.45) is 23.3 Å². The van der Waals surface area contributed by atoms with E-state index in [1.165, 1.54) is 18.2 Å². The average molecular weight is 897 g/mol. The van der Waals surface area contributed by atoms with Crippen molar-refractivity contribution in [3.8, 4) is 23.3 Å². The van der Waals surface area contributed by atoms with Gasteiger partial charge in [0.25, 0.3) is 0 Å². The van der Waals surface area contributed by atoms with Crippen molar-refractivity contribution in [1.29, 1.82) is 0 Å². The Morgan fingerprint density at radius 2 is 1.00 bits per heavy atom. The molecule has 0 spiro atoms. The number of anilines is 4. The van der Waals surface area contributed by atoms with Crippen LogP contribution in [0.4, 0.5) is 31.9 Å². The molecule has 0 radical (unpaired) electrons. The zero-order chi connectivity index (χ0) is 45.9. The van der Waals surface area contributed by atoms with Crippen LogP contribution < -0.4 is 31.1 Å². The molecule has 66 heavy (non-hydrogen) atoms. The number of carbonyl (C=O) groups excluding carboxylic acids is 2. The molecule has 2 fully saturated rings. The first kappa shape index (κ1) is 43.9. The Hall–Kier alpha value is -7.38. The normalized spacial score (nSPS) is 18.8. The summed E-state index contributed by atoms with van der Waals surface area (Å²) in [4.78, 5) is 75.4. The van der Waals surface area contributed by atoms with Gasteiger partial charge in [-0.3, -0.25) is 9.59 Å². The molecular weight excluding hydrogens is 847 g/mol. The van der Waals surface area contributed by atoms with Crippen LogP contribution in [0.25, 0.3) is 23.3 Å². The van der Waals surface area contributed by atoms with Crippen molar-refractivity contribution in [2.45, 2.75) is 64.5 Å². The molecule has 18 nitrogen and oxygen atoms in total. The molecule has 6 aromatic heterocycles. The molecule has 2 atom stereocenters. The first-order chi connectivity index (χ1) is 32.0. The Morgan fingerprint density at radius 3 is 1.48 bits per heavy atom. The highest BCUT2D eigenvalue weighted by atomic mass is 19.1. The van der Waals surface area contributed by atoms with E-state index in [1.807, 2.05) is 24.8 Å². The van der Waals surface area contributed by atoms with E-state index in [1.54, 1.807) is 49.3 Å². The lowest BCUT2D eigenvalue weighted by Gasteiger charge is -2.37. The summed E-state index contributed by atoms with van der Waals surface area (Å²) in [5, 5.41) is 0. The summed E-state index contributed by atoms with van der Waals surface area (Å²) < 4.78 is 29.1. The number of halogens is 2.